The highest BCUT2D eigenvalue weighted by molar-refractivity contribution is 7.80. The Balaban J connectivity index is 2.39. The van der Waals surface area contributed by atoms with Gasteiger partial charge in [-0.15, -0.1) is 0 Å². The fourth-order valence-electron chi connectivity index (χ4n) is 0.980. The number of nitrogens with zero attached hydrogens (tertiary/aromatic N) is 2. The molecule has 0 bridgehead atoms. The fraction of sp³-hybridized carbons (Fsp3) is 0.444. The molecule has 1 heterocycles. The van der Waals surface area contributed by atoms with Crippen LogP contribution in [-0.4, -0.2) is 35.2 Å². The van der Waals surface area contributed by atoms with Crippen molar-refractivity contribution in [3.8, 4) is 0 Å². The Morgan fingerprint density at radius 1 is 1.53 bits per heavy atom. The summed E-state index contributed by atoms with van der Waals surface area (Å²) in [7, 11) is 1.68. The molecular formula is C9H14N4OS. The highest BCUT2D eigenvalue weighted by Gasteiger charge is 1.98. The van der Waals surface area contributed by atoms with Gasteiger partial charge in [0.1, 0.15) is 16.5 Å². The van der Waals surface area contributed by atoms with Gasteiger partial charge in [0.25, 0.3) is 0 Å². The number of aromatic nitrogens is 2. The first-order chi connectivity index (χ1) is 7.24. The Morgan fingerprint density at radius 2 is 2.33 bits per heavy atom. The second-order valence-corrected chi connectivity index (χ2v) is 3.36. The first-order valence-electron chi connectivity index (χ1n) is 4.58. The molecule has 5 nitrogen and oxygen atoms in total. The molecule has 0 aliphatic carbocycles. The molecule has 0 radical (unpaired) electrons. The zero-order valence-electron chi connectivity index (χ0n) is 8.56. The highest BCUT2D eigenvalue weighted by Crippen LogP contribution is 2.00. The molecule has 3 N–H and O–H groups in total. The van der Waals surface area contributed by atoms with E-state index in [0.29, 0.717) is 11.5 Å². The second-order valence-electron chi connectivity index (χ2n) is 2.92. The Hall–Kier alpha value is -1.27. The van der Waals surface area contributed by atoms with Crippen molar-refractivity contribution in [2.75, 3.05) is 25.6 Å². The van der Waals surface area contributed by atoms with E-state index in [2.05, 4.69) is 15.3 Å². The molecule has 0 aromatic carbocycles. The molecule has 0 aliphatic heterocycles. The molecule has 0 fully saturated rings. The SMILES string of the molecule is COCCCNc1cnc(C(N)=S)cn1. The number of thiocarbonyl (C=S) groups is 1. The maximum Gasteiger partial charge on any atom is 0.144 e. The van der Waals surface area contributed by atoms with Gasteiger partial charge >= 0.3 is 0 Å². The summed E-state index contributed by atoms with van der Waals surface area (Å²) in [6, 6.07) is 0. The Labute approximate surface area is 94.1 Å². The Kier molecular flexibility index (Phi) is 4.92. The van der Waals surface area contributed by atoms with Crippen LogP contribution in [0.5, 0.6) is 0 Å². The van der Waals surface area contributed by atoms with Gasteiger partial charge in [0.2, 0.25) is 0 Å². The van der Waals surface area contributed by atoms with Crippen LogP contribution in [0, 0.1) is 0 Å². The third-order valence-corrected chi connectivity index (χ3v) is 1.94. The lowest BCUT2D eigenvalue weighted by molar-refractivity contribution is 0.197. The number of ether oxygens (including phenoxy) is 1. The van der Waals surface area contributed by atoms with E-state index in [4.69, 9.17) is 22.7 Å². The van der Waals surface area contributed by atoms with Crippen molar-refractivity contribution in [1.82, 2.24) is 9.97 Å². The zero-order chi connectivity index (χ0) is 11.1. The van der Waals surface area contributed by atoms with E-state index in [1.54, 1.807) is 19.5 Å². The van der Waals surface area contributed by atoms with Crippen molar-refractivity contribution in [2.24, 2.45) is 5.73 Å². The summed E-state index contributed by atoms with van der Waals surface area (Å²) in [6.45, 7) is 1.53. The molecule has 1 rings (SSSR count). The fourth-order valence-corrected chi connectivity index (χ4v) is 1.08. The molecule has 0 amide bonds. The summed E-state index contributed by atoms with van der Waals surface area (Å²) in [5, 5.41) is 3.11. The number of nitrogens with two attached hydrogens (primary N) is 1. The number of hydrogen-bond donors (Lipinski definition) is 2. The lowest BCUT2D eigenvalue weighted by Crippen LogP contribution is -2.13. The van der Waals surface area contributed by atoms with Gasteiger partial charge in [0.05, 0.1) is 12.4 Å². The summed E-state index contributed by atoms with van der Waals surface area (Å²) >= 11 is 4.77. The average Bonchev–Trinajstić information content (AvgIpc) is 2.25. The minimum atomic E-state index is 0.258. The molecule has 0 saturated carbocycles. The van der Waals surface area contributed by atoms with E-state index in [1.165, 1.54) is 0 Å². The third kappa shape index (κ3) is 4.18. The molecule has 15 heavy (non-hydrogen) atoms. The van der Waals surface area contributed by atoms with Crippen LogP contribution in [0.4, 0.5) is 5.82 Å². The van der Waals surface area contributed by atoms with Gasteiger partial charge in [-0.3, -0.25) is 0 Å². The summed E-state index contributed by atoms with van der Waals surface area (Å²) in [5.74, 6) is 0.714. The predicted molar refractivity (Wildman–Crippen MR) is 62.9 cm³/mol. The molecule has 1 aromatic rings. The molecule has 0 unspecified atom stereocenters. The van der Waals surface area contributed by atoms with Crippen LogP contribution in [-0.2, 0) is 4.74 Å². The lowest BCUT2D eigenvalue weighted by Gasteiger charge is -2.04. The summed E-state index contributed by atoms with van der Waals surface area (Å²) in [4.78, 5) is 8.43. The van der Waals surface area contributed by atoms with Gasteiger partial charge in [0.15, 0.2) is 0 Å². The zero-order valence-corrected chi connectivity index (χ0v) is 9.38. The minimum Gasteiger partial charge on any atom is -0.388 e. The maximum atomic E-state index is 5.40. The van der Waals surface area contributed by atoms with Crippen LogP contribution >= 0.6 is 12.2 Å². The van der Waals surface area contributed by atoms with Crippen LogP contribution in [0.25, 0.3) is 0 Å². The van der Waals surface area contributed by atoms with Crippen LogP contribution in [0.2, 0.25) is 0 Å². The molecule has 0 aliphatic rings. The van der Waals surface area contributed by atoms with E-state index in [0.717, 1.165) is 19.6 Å². The van der Waals surface area contributed by atoms with E-state index >= 15 is 0 Å². The maximum absolute atomic E-state index is 5.40. The van der Waals surface area contributed by atoms with Gasteiger partial charge in [-0.05, 0) is 6.42 Å². The van der Waals surface area contributed by atoms with Gasteiger partial charge in [-0.2, -0.15) is 0 Å². The molecule has 0 saturated heterocycles. The lowest BCUT2D eigenvalue weighted by atomic mass is 10.4. The molecular weight excluding hydrogens is 212 g/mol. The van der Waals surface area contributed by atoms with Crippen molar-refractivity contribution < 1.29 is 4.74 Å². The van der Waals surface area contributed by atoms with Gasteiger partial charge in [0, 0.05) is 20.3 Å². The van der Waals surface area contributed by atoms with E-state index in [-0.39, 0.29) is 4.99 Å². The number of methoxy groups -OCH3 is 1. The van der Waals surface area contributed by atoms with Gasteiger partial charge in [-0.25, -0.2) is 9.97 Å². The predicted octanol–water partition coefficient (Wildman–Crippen LogP) is 0.559. The normalized spacial score (nSPS) is 9.93. The number of nitrogens with one attached hydrogen (secondary N) is 1. The smallest absolute Gasteiger partial charge is 0.144 e. The van der Waals surface area contributed by atoms with E-state index < -0.39 is 0 Å². The van der Waals surface area contributed by atoms with Crippen LogP contribution < -0.4 is 11.1 Å². The van der Waals surface area contributed by atoms with E-state index in [1.807, 2.05) is 0 Å². The number of anilines is 1. The van der Waals surface area contributed by atoms with Crippen LogP contribution in [0.1, 0.15) is 12.1 Å². The Morgan fingerprint density at radius 3 is 2.87 bits per heavy atom. The molecule has 1 aromatic heterocycles. The molecule has 0 spiro atoms. The second kappa shape index (κ2) is 6.26. The first-order valence-corrected chi connectivity index (χ1v) is 4.99. The van der Waals surface area contributed by atoms with E-state index in [9.17, 15) is 0 Å². The summed E-state index contributed by atoms with van der Waals surface area (Å²) in [6.07, 6.45) is 4.09. The largest absolute Gasteiger partial charge is 0.388 e. The standard InChI is InChI=1S/C9H14N4OS/c1-14-4-2-3-11-8-6-12-7(5-13-8)9(10)15/h5-6H,2-4H2,1H3,(H2,10,15)(H,11,13). The number of rotatable bonds is 6. The molecule has 82 valence electrons. The van der Waals surface area contributed by atoms with Gasteiger partial charge in [-0.1, -0.05) is 12.2 Å². The Bertz CT molecular complexity index is 314. The topological polar surface area (TPSA) is 73.1 Å². The molecule has 6 heteroatoms. The van der Waals surface area contributed by atoms with Crippen molar-refractivity contribution in [2.45, 2.75) is 6.42 Å². The van der Waals surface area contributed by atoms with Crippen LogP contribution in [0.15, 0.2) is 12.4 Å². The van der Waals surface area contributed by atoms with Crippen molar-refractivity contribution in [3.63, 3.8) is 0 Å². The molecule has 0 atom stereocenters. The first kappa shape index (κ1) is 11.8. The summed E-state index contributed by atoms with van der Waals surface area (Å²) < 4.78 is 4.92. The number of hydrogen-bond acceptors (Lipinski definition) is 5. The van der Waals surface area contributed by atoms with Crippen molar-refractivity contribution in [1.29, 1.82) is 0 Å². The quantitative estimate of drug-likeness (QED) is 0.545. The minimum absolute atomic E-state index is 0.258. The van der Waals surface area contributed by atoms with Crippen molar-refractivity contribution in [3.05, 3.63) is 18.1 Å². The van der Waals surface area contributed by atoms with Crippen LogP contribution in [0.3, 0.4) is 0 Å². The van der Waals surface area contributed by atoms with Crippen molar-refractivity contribution >= 4 is 23.0 Å². The monoisotopic (exact) mass is 226 g/mol. The average molecular weight is 226 g/mol. The highest BCUT2D eigenvalue weighted by atomic mass is 32.1. The van der Waals surface area contributed by atoms with Gasteiger partial charge < -0.3 is 15.8 Å². The third-order valence-electron chi connectivity index (χ3n) is 1.74. The summed E-state index contributed by atoms with van der Waals surface area (Å²) in [5.41, 5.74) is 5.93.